The number of nitrogens with one attached hydrogen (secondary N) is 1. The third kappa shape index (κ3) is 4.88. The molecule has 118 valence electrons. The third-order valence-corrected chi connectivity index (χ3v) is 4.31. The van der Waals surface area contributed by atoms with Crippen LogP contribution in [-0.2, 0) is 9.53 Å². The number of hydrogen-bond acceptors (Lipinski definition) is 4. The molecule has 1 amide bonds. The minimum atomic E-state index is -0.0834. The van der Waals surface area contributed by atoms with Crippen LogP contribution in [0, 0.1) is 0 Å². The SMILES string of the molecule is CC(C(=O)NC1CCCCC1)N1CCOC(CN)C1.Cl. The Labute approximate surface area is 128 Å². The fourth-order valence-electron chi connectivity index (χ4n) is 2.97. The topological polar surface area (TPSA) is 67.6 Å². The van der Waals surface area contributed by atoms with Gasteiger partial charge >= 0.3 is 0 Å². The van der Waals surface area contributed by atoms with Crippen LogP contribution in [0.5, 0.6) is 0 Å². The first-order valence-electron chi connectivity index (χ1n) is 7.57. The van der Waals surface area contributed by atoms with Gasteiger partial charge in [-0.2, -0.15) is 0 Å². The quantitative estimate of drug-likeness (QED) is 0.810. The first kappa shape index (κ1) is 17.7. The number of ether oxygens (including phenoxy) is 1. The van der Waals surface area contributed by atoms with Crippen LogP contribution in [0.15, 0.2) is 0 Å². The monoisotopic (exact) mass is 305 g/mol. The van der Waals surface area contributed by atoms with Crippen molar-refractivity contribution in [1.82, 2.24) is 10.2 Å². The summed E-state index contributed by atoms with van der Waals surface area (Å²) in [5.41, 5.74) is 5.64. The summed E-state index contributed by atoms with van der Waals surface area (Å²) in [6.07, 6.45) is 6.13. The maximum atomic E-state index is 12.3. The highest BCUT2D eigenvalue weighted by Gasteiger charge is 2.28. The number of nitrogens with two attached hydrogens (primary N) is 1. The molecular weight excluding hydrogens is 278 g/mol. The molecule has 0 aromatic heterocycles. The van der Waals surface area contributed by atoms with E-state index >= 15 is 0 Å². The molecule has 0 bridgehead atoms. The van der Waals surface area contributed by atoms with Crippen molar-refractivity contribution in [2.24, 2.45) is 5.73 Å². The van der Waals surface area contributed by atoms with E-state index in [2.05, 4.69) is 10.2 Å². The second-order valence-electron chi connectivity index (χ2n) is 5.74. The molecule has 0 aromatic rings. The Balaban J connectivity index is 0.00000200. The van der Waals surface area contributed by atoms with E-state index in [1.165, 1.54) is 19.3 Å². The second kappa shape index (κ2) is 8.82. The van der Waals surface area contributed by atoms with Crippen LogP contribution in [0.3, 0.4) is 0 Å². The molecule has 2 rings (SSSR count). The average molecular weight is 306 g/mol. The Hall–Kier alpha value is -0.360. The van der Waals surface area contributed by atoms with E-state index < -0.39 is 0 Å². The fraction of sp³-hybridized carbons (Fsp3) is 0.929. The number of amides is 1. The van der Waals surface area contributed by atoms with Crippen LogP contribution < -0.4 is 11.1 Å². The van der Waals surface area contributed by atoms with E-state index in [1.807, 2.05) is 6.92 Å². The highest BCUT2D eigenvalue weighted by molar-refractivity contribution is 5.85. The molecule has 3 N–H and O–H groups in total. The van der Waals surface area contributed by atoms with E-state index in [-0.39, 0.29) is 30.5 Å². The molecule has 2 aliphatic rings. The molecule has 0 radical (unpaired) electrons. The Morgan fingerprint density at radius 2 is 2.10 bits per heavy atom. The summed E-state index contributed by atoms with van der Waals surface area (Å²) in [6.45, 7) is 4.75. The Morgan fingerprint density at radius 1 is 1.40 bits per heavy atom. The van der Waals surface area contributed by atoms with Gasteiger partial charge in [-0.1, -0.05) is 19.3 Å². The molecule has 0 aromatic carbocycles. The molecule has 6 heteroatoms. The molecule has 20 heavy (non-hydrogen) atoms. The zero-order chi connectivity index (χ0) is 13.7. The first-order chi connectivity index (χ1) is 9.20. The fourth-order valence-corrected chi connectivity index (χ4v) is 2.97. The van der Waals surface area contributed by atoms with Crippen LogP contribution in [0.4, 0.5) is 0 Å². The lowest BCUT2D eigenvalue weighted by Gasteiger charge is -2.36. The number of halogens is 1. The molecule has 1 saturated carbocycles. The summed E-state index contributed by atoms with van der Waals surface area (Å²) in [5.74, 6) is 0.157. The number of carbonyl (C=O) groups is 1. The van der Waals surface area contributed by atoms with Crippen molar-refractivity contribution >= 4 is 18.3 Å². The summed E-state index contributed by atoms with van der Waals surface area (Å²) in [6, 6.07) is 0.301. The van der Waals surface area contributed by atoms with Crippen LogP contribution in [0.1, 0.15) is 39.0 Å². The number of carbonyl (C=O) groups excluding carboxylic acids is 1. The van der Waals surface area contributed by atoms with E-state index in [1.54, 1.807) is 0 Å². The lowest BCUT2D eigenvalue weighted by Crippen LogP contribution is -2.55. The zero-order valence-corrected chi connectivity index (χ0v) is 13.2. The number of hydrogen-bond donors (Lipinski definition) is 2. The number of morpholine rings is 1. The summed E-state index contributed by atoms with van der Waals surface area (Å²) < 4.78 is 5.54. The molecule has 2 fully saturated rings. The summed E-state index contributed by atoms with van der Waals surface area (Å²) in [7, 11) is 0. The minimum Gasteiger partial charge on any atom is -0.374 e. The van der Waals surface area contributed by atoms with Gasteiger partial charge in [-0.05, 0) is 19.8 Å². The van der Waals surface area contributed by atoms with Gasteiger partial charge in [0.25, 0.3) is 0 Å². The maximum Gasteiger partial charge on any atom is 0.237 e. The van der Waals surface area contributed by atoms with Gasteiger partial charge in [-0.3, -0.25) is 9.69 Å². The van der Waals surface area contributed by atoms with Crippen LogP contribution >= 0.6 is 12.4 Å². The number of rotatable bonds is 4. The molecular formula is C14H28ClN3O2. The van der Waals surface area contributed by atoms with E-state index in [9.17, 15) is 4.79 Å². The Bertz CT molecular complexity index is 298. The molecule has 2 unspecified atom stereocenters. The van der Waals surface area contributed by atoms with E-state index in [0.717, 1.165) is 25.9 Å². The standard InChI is InChI=1S/C14H27N3O2.ClH/c1-11(17-7-8-19-13(9-15)10-17)14(18)16-12-5-3-2-4-6-12;/h11-13H,2-10,15H2,1H3,(H,16,18);1H. The van der Waals surface area contributed by atoms with Gasteiger partial charge in [0, 0.05) is 25.7 Å². The van der Waals surface area contributed by atoms with Gasteiger partial charge in [0.1, 0.15) is 0 Å². The third-order valence-electron chi connectivity index (χ3n) is 4.31. The largest absolute Gasteiger partial charge is 0.374 e. The van der Waals surface area contributed by atoms with Crippen LogP contribution in [0.25, 0.3) is 0 Å². The highest BCUT2D eigenvalue weighted by Crippen LogP contribution is 2.18. The summed E-state index contributed by atoms with van der Waals surface area (Å²) in [5, 5.41) is 3.20. The number of nitrogens with zero attached hydrogens (tertiary/aromatic N) is 1. The van der Waals surface area contributed by atoms with Gasteiger partial charge in [0.2, 0.25) is 5.91 Å². The Morgan fingerprint density at radius 3 is 2.75 bits per heavy atom. The molecule has 1 aliphatic carbocycles. The van der Waals surface area contributed by atoms with E-state index in [4.69, 9.17) is 10.5 Å². The second-order valence-corrected chi connectivity index (χ2v) is 5.74. The van der Waals surface area contributed by atoms with Crippen LogP contribution in [-0.4, -0.2) is 55.2 Å². The Kier molecular flexibility index (Phi) is 7.80. The average Bonchev–Trinajstić information content (AvgIpc) is 2.47. The van der Waals surface area contributed by atoms with Gasteiger partial charge in [0.05, 0.1) is 18.8 Å². The molecule has 2 atom stereocenters. The van der Waals surface area contributed by atoms with Crippen molar-refractivity contribution in [3.63, 3.8) is 0 Å². The summed E-state index contributed by atoms with van der Waals surface area (Å²) >= 11 is 0. The van der Waals surface area contributed by atoms with Crippen molar-refractivity contribution in [1.29, 1.82) is 0 Å². The molecule has 1 heterocycles. The van der Waals surface area contributed by atoms with Crippen molar-refractivity contribution in [3.8, 4) is 0 Å². The smallest absolute Gasteiger partial charge is 0.237 e. The van der Waals surface area contributed by atoms with Crippen LogP contribution in [0.2, 0.25) is 0 Å². The molecule has 1 saturated heterocycles. The zero-order valence-electron chi connectivity index (χ0n) is 12.3. The summed E-state index contributed by atoms with van der Waals surface area (Å²) in [4.78, 5) is 14.5. The van der Waals surface area contributed by atoms with Gasteiger partial charge in [-0.25, -0.2) is 0 Å². The first-order valence-corrected chi connectivity index (χ1v) is 7.57. The maximum absolute atomic E-state index is 12.3. The van der Waals surface area contributed by atoms with Gasteiger partial charge in [-0.15, -0.1) is 12.4 Å². The minimum absolute atomic E-state index is 0. The predicted octanol–water partition coefficient (Wildman–Crippen LogP) is 0.905. The van der Waals surface area contributed by atoms with Crippen molar-refractivity contribution in [3.05, 3.63) is 0 Å². The van der Waals surface area contributed by atoms with Crippen molar-refractivity contribution in [2.45, 2.75) is 57.2 Å². The predicted molar refractivity (Wildman–Crippen MR) is 82.1 cm³/mol. The molecule has 0 spiro atoms. The van der Waals surface area contributed by atoms with Gasteiger partial charge < -0.3 is 15.8 Å². The van der Waals surface area contributed by atoms with Crippen molar-refractivity contribution in [2.75, 3.05) is 26.2 Å². The van der Waals surface area contributed by atoms with Gasteiger partial charge in [0.15, 0.2) is 0 Å². The van der Waals surface area contributed by atoms with E-state index in [0.29, 0.717) is 19.2 Å². The molecule has 5 nitrogen and oxygen atoms in total. The lowest BCUT2D eigenvalue weighted by atomic mass is 9.95. The molecule has 1 aliphatic heterocycles. The van der Waals surface area contributed by atoms with Crippen molar-refractivity contribution < 1.29 is 9.53 Å². The lowest BCUT2D eigenvalue weighted by molar-refractivity contribution is -0.129. The normalized spacial score (nSPS) is 26.6. The highest BCUT2D eigenvalue weighted by atomic mass is 35.5.